The fraction of sp³-hybridized carbons (Fsp3) is 0.515. The Labute approximate surface area is 250 Å². The maximum Gasteiger partial charge on any atom is 0.290 e. The minimum Gasteiger partial charge on any atom is -0.483 e. The van der Waals surface area contributed by atoms with Crippen molar-refractivity contribution in [3.63, 3.8) is 0 Å². The van der Waals surface area contributed by atoms with E-state index in [1.807, 2.05) is 62.8 Å². The van der Waals surface area contributed by atoms with E-state index in [0.717, 1.165) is 36.9 Å². The van der Waals surface area contributed by atoms with Crippen LogP contribution in [-0.4, -0.2) is 63.9 Å². The van der Waals surface area contributed by atoms with Crippen molar-refractivity contribution in [1.29, 1.82) is 0 Å². The van der Waals surface area contributed by atoms with Crippen molar-refractivity contribution in [2.75, 3.05) is 25.5 Å². The van der Waals surface area contributed by atoms with Crippen molar-refractivity contribution in [3.8, 4) is 5.88 Å². The molecule has 1 N–H and O–H groups in total. The molecule has 2 fully saturated rings. The van der Waals surface area contributed by atoms with Crippen molar-refractivity contribution < 1.29 is 19.4 Å². The van der Waals surface area contributed by atoms with Crippen LogP contribution in [-0.2, 0) is 16.6 Å². The smallest absolute Gasteiger partial charge is 0.290 e. The summed E-state index contributed by atoms with van der Waals surface area (Å²) in [5, 5.41) is 11.6. The van der Waals surface area contributed by atoms with Gasteiger partial charge in [-0.15, -0.1) is 5.10 Å². The number of carbonyl (C=O) groups is 2. The number of hydrogen-bond acceptors (Lipinski definition) is 6. The van der Waals surface area contributed by atoms with Gasteiger partial charge < -0.3 is 14.7 Å². The quantitative estimate of drug-likeness (QED) is 0.235. The van der Waals surface area contributed by atoms with Gasteiger partial charge in [-0.05, 0) is 107 Å². The zero-order valence-corrected chi connectivity index (χ0v) is 26.3. The number of ether oxygens (including phenoxy) is 1. The Morgan fingerprint density at radius 1 is 1.07 bits per heavy atom. The first kappa shape index (κ1) is 32.8. The number of fused-ring (bicyclic) bond motifs is 1. The molecule has 5 rings (SSSR count). The van der Waals surface area contributed by atoms with Gasteiger partial charge in [-0.3, -0.25) is 19.2 Å². The number of amides is 1. The molecule has 228 valence electrons. The highest BCUT2D eigenvalue weighted by Crippen LogP contribution is 2.46. The van der Waals surface area contributed by atoms with Crippen LogP contribution in [0.2, 0.25) is 0 Å². The third kappa shape index (κ3) is 8.18. The molecule has 1 amide bonds. The molecule has 2 aliphatic carbocycles. The Balaban J connectivity index is 0.000000910. The zero-order valence-electron chi connectivity index (χ0n) is 26.3. The topological polar surface area (TPSA) is 101 Å². The SMILES string of the molecule is CC.Cc1cc(C2CC2)c(N(C(=O)/C=C/CN(C)C)c2ccc3c(n2)c(OC2CCCCC2)nn3C)cc1C.O=CO. The van der Waals surface area contributed by atoms with Crippen molar-refractivity contribution in [2.24, 2.45) is 7.05 Å². The van der Waals surface area contributed by atoms with E-state index < -0.39 is 0 Å². The molecule has 1 aromatic carbocycles. The van der Waals surface area contributed by atoms with Crippen LogP contribution in [0.4, 0.5) is 11.5 Å². The fourth-order valence-corrected chi connectivity index (χ4v) is 5.17. The maximum atomic E-state index is 13.8. The van der Waals surface area contributed by atoms with Gasteiger partial charge in [-0.2, -0.15) is 0 Å². The van der Waals surface area contributed by atoms with Gasteiger partial charge in [0.1, 0.15) is 11.9 Å². The van der Waals surface area contributed by atoms with Crippen LogP contribution in [0.15, 0.2) is 36.4 Å². The van der Waals surface area contributed by atoms with Gasteiger partial charge in [0.15, 0.2) is 5.52 Å². The molecule has 3 aromatic rings. The van der Waals surface area contributed by atoms with Crippen LogP contribution in [0.5, 0.6) is 5.88 Å². The Bertz CT molecular complexity index is 1370. The van der Waals surface area contributed by atoms with Crippen molar-refractivity contribution in [3.05, 3.63) is 53.1 Å². The second-order valence-electron chi connectivity index (χ2n) is 11.1. The Morgan fingerprint density at radius 3 is 2.33 bits per heavy atom. The summed E-state index contributed by atoms with van der Waals surface area (Å²) in [6, 6.07) is 8.33. The summed E-state index contributed by atoms with van der Waals surface area (Å²) in [5.41, 5.74) is 6.17. The second kappa shape index (κ2) is 15.5. The first-order valence-corrected chi connectivity index (χ1v) is 15.1. The van der Waals surface area contributed by atoms with E-state index in [2.05, 4.69) is 31.1 Å². The summed E-state index contributed by atoms with van der Waals surface area (Å²) < 4.78 is 8.19. The summed E-state index contributed by atoms with van der Waals surface area (Å²) >= 11 is 0. The monoisotopic (exact) mass is 577 g/mol. The van der Waals surface area contributed by atoms with E-state index in [9.17, 15) is 4.79 Å². The third-order valence-electron chi connectivity index (χ3n) is 7.56. The van der Waals surface area contributed by atoms with Crippen molar-refractivity contribution in [1.82, 2.24) is 19.7 Å². The molecule has 0 unspecified atom stereocenters. The van der Waals surface area contributed by atoms with Crippen molar-refractivity contribution in [2.45, 2.75) is 84.7 Å². The summed E-state index contributed by atoms with van der Waals surface area (Å²) in [6.07, 6.45) is 11.8. The van der Waals surface area contributed by atoms with Gasteiger partial charge in [0, 0.05) is 19.7 Å². The summed E-state index contributed by atoms with van der Waals surface area (Å²) in [5.74, 6) is 1.54. The van der Waals surface area contributed by atoms with Crippen LogP contribution < -0.4 is 9.64 Å². The molecule has 0 radical (unpaired) electrons. The Kier molecular flexibility index (Phi) is 12.1. The lowest BCUT2D eigenvalue weighted by Gasteiger charge is -2.25. The first-order valence-electron chi connectivity index (χ1n) is 15.1. The van der Waals surface area contributed by atoms with E-state index >= 15 is 0 Å². The fourth-order valence-electron chi connectivity index (χ4n) is 5.17. The number of likely N-dealkylation sites (N-methyl/N-ethyl adjacent to an activating group) is 1. The third-order valence-corrected chi connectivity index (χ3v) is 7.56. The predicted molar refractivity (Wildman–Crippen MR) is 169 cm³/mol. The van der Waals surface area contributed by atoms with Gasteiger partial charge in [-0.25, -0.2) is 4.98 Å². The highest BCUT2D eigenvalue weighted by atomic mass is 16.5. The molecule has 2 aliphatic rings. The Hall–Kier alpha value is -3.72. The zero-order chi connectivity index (χ0) is 30.8. The van der Waals surface area contributed by atoms with Crippen molar-refractivity contribution >= 4 is 34.9 Å². The van der Waals surface area contributed by atoms with E-state index in [4.69, 9.17) is 19.6 Å². The summed E-state index contributed by atoms with van der Waals surface area (Å²) in [7, 11) is 5.90. The molecule has 0 bridgehead atoms. The largest absolute Gasteiger partial charge is 0.483 e. The van der Waals surface area contributed by atoms with Crippen LogP contribution in [0.3, 0.4) is 0 Å². The number of rotatable bonds is 8. The van der Waals surface area contributed by atoms with E-state index in [1.165, 1.54) is 36.0 Å². The molecule has 42 heavy (non-hydrogen) atoms. The molecular formula is C33H47N5O4. The normalized spacial score (nSPS) is 15.1. The summed E-state index contributed by atoms with van der Waals surface area (Å²) in [6.45, 7) is 8.69. The predicted octanol–water partition coefficient (Wildman–Crippen LogP) is 6.68. The van der Waals surface area contributed by atoms with Crippen LogP contribution in [0, 0.1) is 13.8 Å². The number of aryl methyl sites for hydroxylation is 3. The lowest BCUT2D eigenvalue weighted by atomic mass is 9.98. The van der Waals surface area contributed by atoms with E-state index in [-0.39, 0.29) is 18.5 Å². The Morgan fingerprint density at radius 2 is 1.71 bits per heavy atom. The number of hydrogen-bond donors (Lipinski definition) is 1. The number of carbonyl (C=O) groups excluding carboxylic acids is 1. The second-order valence-corrected chi connectivity index (χ2v) is 11.1. The number of carboxylic acid groups (broad SMARTS) is 1. The molecule has 9 nitrogen and oxygen atoms in total. The number of nitrogens with zero attached hydrogens (tertiary/aromatic N) is 5. The van der Waals surface area contributed by atoms with Gasteiger partial charge in [0.2, 0.25) is 0 Å². The van der Waals surface area contributed by atoms with Gasteiger partial charge >= 0.3 is 0 Å². The lowest BCUT2D eigenvalue weighted by molar-refractivity contribution is -0.122. The highest BCUT2D eigenvalue weighted by molar-refractivity contribution is 6.07. The van der Waals surface area contributed by atoms with Crippen LogP contribution >= 0.6 is 0 Å². The highest BCUT2D eigenvalue weighted by Gasteiger charge is 2.31. The van der Waals surface area contributed by atoms with Gasteiger partial charge in [0.05, 0.1) is 11.2 Å². The molecule has 0 aliphatic heterocycles. The molecule has 2 heterocycles. The number of benzene rings is 1. The number of pyridine rings is 1. The first-order chi connectivity index (χ1) is 20.2. The maximum absolute atomic E-state index is 13.8. The number of anilines is 2. The molecule has 0 atom stereocenters. The van der Waals surface area contributed by atoms with E-state index in [1.54, 1.807) is 11.0 Å². The molecule has 2 saturated carbocycles. The average Bonchev–Trinajstić information content (AvgIpc) is 3.77. The van der Waals surface area contributed by atoms with E-state index in [0.29, 0.717) is 29.7 Å². The number of aromatic nitrogens is 3. The minimum atomic E-state index is -0.250. The summed E-state index contributed by atoms with van der Waals surface area (Å²) in [4.78, 5) is 31.0. The van der Waals surface area contributed by atoms with Gasteiger partial charge in [-0.1, -0.05) is 32.4 Å². The molecule has 0 spiro atoms. The minimum absolute atomic E-state index is 0.0995. The molecule has 0 saturated heterocycles. The average molecular weight is 578 g/mol. The van der Waals surface area contributed by atoms with Crippen LogP contribution in [0.1, 0.15) is 81.4 Å². The standard InChI is InChI=1S/C30H39N5O2.C2H6.CH2O2/c1-20-18-24(22-13-14-22)26(19-21(20)2)35(28(36)12-9-17-33(3)4)27-16-15-25-29(31-27)30(32-34(25)5)37-23-10-7-6-8-11-23;1-2;2-1-3/h9,12,15-16,18-19,22-23H,6-8,10-11,13-14,17H2,1-5H3;1-2H3;1H,(H,2,3)/b12-9+;;. The lowest BCUT2D eigenvalue weighted by Crippen LogP contribution is -2.26. The van der Waals surface area contributed by atoms with Crippen LogP contribution in [0.25, 0.3) is 11.0 Å². The molecule has 2 aromatic heterocycles. The van der Waals surface area contributed by atoms with Gasteiger partial charge in [0.25, 0.3) is 18.3 Å². The molecule has 9 heteroatoms. The molecular weight excluding hydrogens is 530 g/mol.